The average molecular weight is 423 g/mol. The Labute approximate surface area is 178 Å². The molecule has 30 heavy (non-hydrogen) atoms. The first kappa shape index (κ1) is 21.1. The van der Waals surface area contributed by atoms with Gasteiger partial charge in [0.25, 0.3) is 11.5 Å². The van der Waals surface area contributed by atoms with E-state index in [1.165, 1.54) is 29.1 Å². The molecule has 0 unspecified atom stereocenters. The van der Waals surface area contributed by atoms with Crippen LogP contribution in [0.25, 0.3) is 12.2 Å². The zero-order valence-corrected chi connectivity index (χ0v) is 17.6. The summed E-state index contributed by atoms with van der Waals surface area (Å²) in [7, 11) is 3.18. The molecule has 1 heterocycles. The van der Waals surface area contributed by atoms with Crippen molar-refractivity contribution in [2.24, 2.45) is 7.05 Å². The summed E-state index contributed by atoms with van der Waals surface area (Å²) in [6.07, 6.45) is 4.82. The molecular formula is C23H22N2O4S. The van der Waals surface area contributed by atoms with E-state index in [0.29, 0.717) is 33.0 Å². The van der Waals surface area contributed by atoms with E-state index in [0.717, 1.165) is 5.56 Å². The van der Waals surface area contributed by atoms with Crippen LogP contribution in [0.15, 0.2) is 66.0 Å². The van der Waals surface area contributed by atoms with Gasteiger partial charge in [0.05, 0.1) is 17.3 Å². The maximum Gasteiger partial charge on any atom is 0.268 e. The van der Waals surface area contributed by atoms with E-state index in [2.05, 4.69) is 11.9 Å². The number of methoxy groups -OCH3 is 1. The summed E-state index contributed by atoms with van der Waals surface area (Å²) >= 11 is 1.23. The number of amides is 1. The van der Waals surface area contributed by atoms with Crippen molar-refractivity contribution in [3.05, 3.63) is 86.3 Å². The molecule has 3 rings (SSSR count). The average Bonchev–Trinajstić information content (AvgIpc) is 3.01. The Morgan fingerprint density at radius 3 is 2.60 bits per heavy atom. The highest BCUT2D eigenvalue weighted by Gasteiger charge is 2.07. The molecule has 6 nitrogen and oxygen atoms in total. The van der Waals surface area contributed by atoms with E-state index in [9.17, 15) is 9.59 Å². The number of anilines is 1. The highest BCUT2D eigenvalue weighted by molar-refractivity contribution is 7.07. The van der Waals surface area contributed by atoms with Gasteiger partial charge in [-0.15, -0.1) is 11.3 Å². The maximum atomic E-state index is 12.7. The van der Waals surface area contributed by atoms with Crippen molar-refractivity contribution >= 4 is 35.1 Å². The zero-order valence-electron chi connectivity index (χ0n) is 16.8. The summed E-state index contributed by atoms with van der Waals surface area (Å²) in [4.78, 5) is 25.2. The quantitative estimate of drug-likeness (QED) is 0.593. The number of carbonyl (C=O) groups excluding carboxylic acids is 1. The highest BCUT2D eigenvalue weighted by Crippen LogP contribution is 2.22. The number of ether oxygens (including phenoxy) is 2. The van der Waals surface area contributed by atoms with Crippen molar-refractivity contribution in [2.75, 3.05) is 19.0 Å². The Bertz CT molecular complexity index is 1240. The Hall–Kier alpha value is -3.58. The van der Waals surface area contributed by atoms with Gasteiger partial charge in [0.15, 0.2) is 0 Å². The van der Waals surface area contributed by atoms with E-state index in [1.807, 2.05) is 30.3 Å². The van der Waals surface area contributed by atoms with Crippen LogP contribution < -0.4 is 29.5 Å². The van der Waals surface area contributed by atoms with Gasteiger partial charge in [-0.1, -0.05) is 43.0 Å². The lowest BCUT2D eigenvalue weighted by atomic mass is 10.2. The third kappa shape index (κ3) is 4.87. The largest absolute Gasteiger partial charge is 0.495 e. The Morgan fingerprint density at radius 2 is 1.87 bits per heavy atom. The zero-order chi connectivity index (χ0) is 21.5. The molecular weight excluding hydrogens is 400 g/mol. The fourth-order valence-electron chi connectivity index (χ4n) is 2.76. The molecule has 0 aliphatic carbocycles. The third-order valence-corrected chi connectivity index (χ3v) is 5.36. The summed E-state index contributed by atoms with van der Waals surface area (Å²) in [5, 5.41) is 2.78. The number of nitrogens with one attached hydrogen (secondary N) is 1. The minimum atomic E-state index is -0.349. The number of benzene rings is 2. The molecule has 0 fully saturated rings. The van der Waals surface area contributed by atoms with Crippen LogP contribution in [-0.2, 0) is 11.8 Å². The molecule has 0 radical (unpaired) electrons. The van der Waals surface area contributed by atoms with Gasteiger partial charge in [-0.05, 0) is 24.3 Å². The molecule has 0 spiro atoms. The van der Waals surface area contributed by atoms with Gasteiger partial charge in [-0.3, -0.25) is 9.59 Å². The molecule has 0 atom stereocenters. The molecule has 1 N–H and O–H groups in total. The van der Waals surface area contributed by atoms with Gasteiger partial charge in [-0.25, -0.2) is 0 Å². The number of aromatic nitrogens is 1. The standard InChI is InChI=1S/C23H22N2O4S/c1-4-13-29-18-11-7-5-9-16(18)14-20-23(27)25(2)22(30-20)15-21(26)24-17-10-6-8-12-19(17)28-3/h4-12,14-15H,1,13H2,2-3H3,(H,24,26). The van der Waals surface area contributed by atoms with Crippen molar-refractivity contribution < 1.29 is 14.3 Å². The van der Waals surface area contributed by atoms with Gasteiger partial charge < -0.3 is 19.4 Å². The Kier molecular flexibility index (Phi) is 6.87. The van der Waals surface area contributed by atoms with Gasteiger partial charge in [0.1, 0.15) is 22.8 Å². The normalized spacial score (nSPS) is 11.9. The fourth-order valence-corrected chi connectivity index (χ4v) is 3.78. The third-order valence-electron chi connectivity index (χ3n) is 4.24. The second kappa shape index (κ2) is 9.76. The first-order chi connectivity index (χ1) is 14.5. The Balaban J connectivity index is 1.96. The van der Waals surface area contributed by atoms with Gasteiger partial charge in [-0.2, -0.15) is 0 Å². The predicted octanol–water partition coefficient (Wildman–Crippen LogP) is 2.27. The van der Waals surface area contributed by atoms with Crippen molar-refractivity contribution in [2.45, 2.75) is 0 Å². The first-order valence-corrected chi connectivity index (χ1v) is 10.0. The summed E-state index contributed by atoms with van der Waals surface area (Å²) in [5.74, 6) is 0.870. The summed E-state index contributed by atoms with van der Waals surface area (Å²) in [6.45, 7) is 4.02. The van der Waals surface area contributed by atoms with Gasteiger partial charge in [0, 0.05) is 18.7 Å². The van der Waals surface area contributed by atoms with Crippen molar-refractivity contribution in [1.82, 2.24) is 4.57 Å². The van der Waals surface area contributed by atoms with Crippen LogP contribution in [0, 0.1) is 0 Å². The topological polar surface area (TPSA) is 69.6 Å². The highest BCUT2D eigenvalue weighted by atomic mass is 32.1. The number of para-hydroxylation sites is 3. The van der Waals surface area contributed by atoms with Gasteiger partial charge in [0.2, 0.25) is 0 Å². The first-order valence-electron chi connectivity index (χ1n) is 9.19. The molecule has 0 aliphatic rings. The van der Waals surface area contributed by atoms with Gasteiger partial charge >= 0.3 is 0 Å². The summed E-state index contributed by atoms with van der Waals surface area (Å²) in [6, 6.07) is 14.6. The van der Waals surface area contributed by atoms with Crippen LogP contribution in [-0.4, -0.2) is 24.2 Å². The molecule has 7 heteroatoms. The molecule has 0 aliphatic heterocycles. The van der Waals surface area contributed by atoms with Crippen LogP contribution >= 0.6 is 11.3 Å². The molecule has 1 aromatic heterocycles. The van der Waals surface area contributed by atoms with Crippen molar-refractivity contribution in [3.63, 3.8) is 0 Å². The molecule has 0 saturated heterocycles. The molecule has 1 amide bonds. The lowest BCUT2D eigenvalue weighted by Gasteiger charge is -2.07. The lowest BCUT2D eigenvalue weighted by Crippen LogP contribution is -2.29. The minimum Gasteiger partial charge on any atom is -0.495 e. The fraction of sp³-hybridized carbons (Fsp3) is 0.130. The number of nitrogens with zero attached hydrogens (tertiary/aromatic N) is 1. The monoisotopic (exact) mass is 422 g/mol. The van der Waals surface area contributed by atoms with E-state index in [-0.39, 0.29) is 11.5 Å². The van der Waals surface area contributed by atoms with Crippen LogP contribution in [0.3, 0.4) is 0 Å². The van der Waals surface area contributed by atoms with Crippen molar-refractivity contribution in [1.29, 1.82) is 0 Å². The summed E-state index contributed by atoms with van der Waals surface area (Å²) in [5.41, 5.74) is 1.15. The minimum absolute atomic E-state index is 0.185. The van der Waals surface area contributed by atoms with E-state index in [4.69, 9.17) is 9.47 Å². The lowest BCUT2D eigenvalue weighted by molar-refractivity contribution is -0.110. The van der Waals surface area contributed by atoms with Crippen molar-refractivity contribution in [3.8, 4) is 11.5 Å². The molecule has 0 bridgehead atoms. The number of thiazole rings is 1. The Morgan fingerprint density at radius 1 is 1.17 bits per heavy atom. The number of hydrogen-bond acceptors (Lipinski definition) is 5. The maximum absolute atomic E-state index is 12.7. The smallest absolute Gasteiger partial charge is 0.268 e. The van der Waals surface area contributed by atoms with E-state index < -0.39 is 0 Å². The molecule has 3 aromatic rings. The molecule has 0 saturated carbocycles. The van der Waals surface area contributed by atoms with Crippen LogP contribution in [0.5, 0.6) is 11.5 Å². The summed E-state index contributed by atoms with van der Waals surface area (Å²) < 4.78 is 13.4. The number of rotatable bonds is 7. The second-order valence-corrected chi connectivity index (χ2v) is 7.35. The van der Waals surface area contributed by atoms with Crippen LogP contribution in [0.4, 0.5) is 5.69 Å². The molecule has 154 valence electrons. The number of hydrogen-bond donors (Lipinski definition) is 1. The SMILES string of the molecule is C=CCOc1ccccc1C=c1sc(=CC(=O)Nc2ccccc2OC)n(C)c1=O. The van der Waals surface area contributed by atoms with Crippen LogP contribution in [0.1, 0.15) is 5.56 Å². The van der Waals surface area contributed by atoms with E-state index >= 15 is 0 Å². The van der Waals surface area contributed by atoms with E-state index in [1.54, 1.807) is 37.4 Å². The number of carbonyl (C=O) groups is 1. The molecule has 2 aromatic carbocycles. The predicted molar refractivity (Wildman–Crippen MR) is 121 cm³/mol. The van der Waals surface area contributed by atoms with Crippen LogP contribution in [0.2, 0.25) is 0 Å². The second-order valence-electron chi connectivity index (χ2n) is 6.28.